The van der Waals surface area contributed by atoms with Crippen LogP contribution in [0, 0.1) is 0 Å². The van der Waals surface area contributed by atoms with Gasteiger partial charge in [-0.05, 0) is 72.8 Å². The molecule has 0 aliphatic heterocycles. The first-order valence-corrected chi connectivity index (χ1v) is 21.0. The van der Waals surface area contributed by atoms with Crippen LogP contribution in [0.2, 0.25) is 0 Å². The predicted molar refractivity (Wildman–Crippen MR) is 255 cm³/mol. The first-order chi connectivity index (χ1) is 30.8. The van der Waals surface area contributed by atoms with Gasteiger partial charge in [0.05, 0.1) is 38.8 Å². The van der Waals surface area contributed by atoms with E-state index in [0.29, 0.717) is 0 Å². The third-order valence-electron chi connectivity index (χ3n) is 12.5. The van der Waals surface area contributed by atoms with Gasteiger partial charge >= 0.3 is 0 Å². The predicted octanol–water partition coefficient (Wildman–Crippen LogP) is 13.9. The Morgan fingerprint density at radius 2 is 0.710 bits per heavy atom. The normalized spacial score (nSPS) is 11.9. The molecule has 0 bridgehead atoms. The largest absolute Gasteiger partial charge is 0.309 e. The molecule has 4 aromatic heterocycles. The summed E-state index contributed by atoms with van der Waals surface area (Å²) < 4.78 is 9.47. The lowest BCUT2D eigenvalue weighted by Gasteiger charge is -2.14. The second-order valence-electron chi connectivity index (χ2n) is 15.9. The molecule has 6 heteroatoms. The summed E-state index contributed by atoms with van der Waals surface area (Å²) in [5.74, 6) is 1.60. The van der Waals surface area contributed by atoms with Crippen molar-refractivity contribution in [3.05, 3.63) is 218 Å². The molecule has 0 aliphatic carbocycles. The SMILES string of the molecule is c1ccc(-c2nnc(-c3ccccc3)n2-c2ccc3c(c2)c2ccccc2n3-c2cccc(-n3c4ccccc4c4c3ccc3c5ccccc5n(-c5ccccc5)c34)c2)cc1. The monoisotopic (exact) mass is 792 g/mol. The molecule has 290 valence electrons. The molecule has 0 saturated heterocycles. The van der Waals surface area contributed by atoms with E-state index in [2.05, 4.69) is 200 Å². The maximum Gasteiger partial charge on any atom is 0.168 e. The molecule has 0 aliphatic rings. The maximum absolute atomic E-state index is 4.76. The molecule has 0 atom stereocenters. The minimum absolute atomic E-state index is 0.799. The van der Waals surface area contributed by atoms with E-state index in [0.717, 1.165) is 61.9 Å². The molecular formula is C56H36N6. The molecular weight excluding hydrogens is 757 g/mol. The third-order valence-corrected chi connectivity index (χ3v) is 12.5. The molecule has 0 N–H and O–H groups in total. The Hall–Kier alpha value is -8.48. The van der Waals surface area contributed by atoms with Crippen molar-refractivity contribution in [1.29, 1.82) is 0 Å². The van der Waals surface area contributed by atoms with Crippen LogP contribution in [0.4, 0.5) is 0 Å². The van der Waals surface area contributed by atoms with Gasteiger partial charge in [-0.1, -0.05) is 146 Å². The molecule has 0 amide bonds. The topological polar surface area (TPSA) is 45.5 Å². The van der Waals surface area contributed by atoms with Crippen LogP contribution in [0.1, 0.15) is 0 Å². The number of hydrogen-bond acceptors (Lipinski definition) is 2. The lowest BCUT2D eigenvalue weighted by Crippen LogP contribution is -2.01. The number of para-hydroxylation sites is 4. The van der Waals surface area contributed by atoms with Crippen molar-refractivity contribution in [3.8, 4) is 45.5 Å². The molecule has 62 heavy (non-hydrogen) atoms. The van der Waals surface area contributed by atoms with Gasteiger partial charge in [0.2, 0.25) is 0 Å². The standard InChI is InChI=1S/C56H36N6/c1-4-17-37(18-5-1)55-57-58-56(38-19-6-2-7-20-38)62(55)42-31-33-51-47(36-42)44-26-11-13-28-48(44)59(51)40-23-16-24-41(35-40)60-50-30-15-12-27-46(50)53-52(60)34-32-45-43-25-10-14-29-49(43)61(54(45)53)39-21-8-3-9-22-39/h1-36H. The molecule has 4 heterocycles. The van der Waals surface area contributed by atoms with Gasteiger partial charge in [-0.15, -0.1) is 10.2 Å². The van der Waals surface area contributed by atoms with E-state index in [1.165, 1.54) is 49.0 Å². The molecule has 0 saturated carbocycles. The van der Waals surface area contributed by atoms with Gasteiger partial charge in [-0.2, -0.15) is 0 Å². The molecule has 0 unspecified atom stereocenters. The van der Waals surface area contributed by atoms with Crippen molar-refractivity contribution < 1.29 is 0 Å². The van der Waals surface area contributed by atoms with Crippen LogP contribution in [-0.2, 0) is 0 Å². The van der Waals surface area contributed by atoms with Gasteiger partial charge in [-0.25, -0.2) is 0 Å². The van der Waals surface area contributed by atoms with Crippen molar-refractivity contribution in [2.45, 2.75) is 0 Å². The van der Waals surface area contributed by atoms with Crippen LogP contribution in [0.25, 0.3) is 111 Å². The second-order valence-corrected chi connectivity index (χ2v) is 15.9. The maximum atomic E-state index is 4.76. The molecule has 9 aromatic carbocycles. The Morgan fingerprint density at radius 3 is 1.35 bits per heavy atom. The van der Waals surface area contributed by atoms with Gasteiger partial charge < -0.3 is 13.7 Å². The summed E-state index contributed by atoms with van der Waals surface area (Å²) in [6.45, 7) is 0. The van der Waals surface area contributed by atoms with E-state index in [9.17, 15) is 0 Å². The van der Waals surface area contributed by atoms with Crippen LogP contribution < -0.4 is 0 Å². The first kappa shape index (κ1) is 34.4. The van der Waals surface area contributed by atoms with Crippen molar-refractivity contribution in [2.24, 2.45) is 0 Å². The number of rotatable bonds is 6. The zero-order valence-corrected chi connectivity index (χ0v) is 33.5. The van der Waals surface area contributed by atoms with E-state index in [-0.39, 0.29) is 0 Å². The average molecular weight is 793 g/mol. The summed E-state index contributed by atoms with van der Waals surface area (Å²) in [7, 11) is 0. The fourth-order valence-electron chi connectivity index (χ4n) is 9.86. The highest BCUT2D eigenvalue weighted by molar-refractivity contribution is 6.26. The summed E-state index contributed by atoms with van der Waals surface area (Å²) in [5, 5.41) is 16.8. The van der Waals surface area contributed by atoms with E-state index in [1.807, 2.05) is 36.4 Å². The van der Waals surface area contributed by atoms with Gasteiger partial charge in [0.25, 0.3) is 0 Å². The fourth-order valence-corrected chi connectivity index (χ4v) is 9.86. The van der Waals surface area contributed by atoms with Gasteiger partial charge in [-0.3, -0.25) is 4.57 Å². The van der Waals surface area contributed by atoms with Crippen molar-refractivity contribution in [2.75, 3.05) is 0 Å². The van der Waals surface area contributed by atoms with E-state index in [1.54, 1.807) is 0 Å². The van der Waals surface area contributed by atoms with Gasteiger partial charge in [0.15, 0.2) is 11.6 Å². The van der Waals surface area contributed by atoms with Gasteiger partial charge in [0, 0.05) is 60.5 Å². The second kappa shape index (κ2) is 13.5. The Balaban J connectivity index is 1.03. The Labute approximate surface area is 356 Å². The number of benzene rings is 9. The third kappa shape index (κ3) is 5.04. The summed E-state index contributed by atoms with van der Waals surface area (Å²) in [6, 6.07) is 78.1. The summed E-state index contributed by atoms with van der Waals surface area (Å²) in [6.07, 6.45) is 0. The van der Waals surface area contributed by atoms with E-state index >= 15 is 0 Å². The Kier molecular flexibility index (Phi) is 7.50. The molecule has 0 fully saturated rings. The fraction of sp³-hybridized carbons (Fsp3) is 0. The van der Waals surface area contributed by atoms with E-state index in [4.69, 9.17) is 10.2 Å². The van der Waals surface area contributed by atoms with Crippen molar-refractivity contribution >= 4 is 65.4 Å². The van der Waals surface area contributed by atoms with E-state index < -0.39 is 0 Å². The number of aromatic nitrogens is 6. The van der Waals surface area contributed by atoms with Crippen LogP contribution >= 0.6 is 0 Å². The van der Waals surface area contributed by atoms with Crippen LogP contribution in [0.5, 0.6) is 0 Å². The molecule has 13 rings (SSSR count). The van der Waals surface area contributed by atoms with Crippen molar-refractivity contribution in [3.63, 3.8) is 0 Å². The minimum Gasteiger partial charge on any atom is -0.309 e. The lowest BCUT2D eigenvalue weighted by atomic mass is 10.1. The zero-order valence-electron chi connectivity index (χ0n) is 33.5. The molecule has 13 aromatic rings. The minimum atomic E-state index is 0.799. The highest BCUT2D eigenvalue weighted by Crippen LogP contribution is 2.43. The average Bonchev–Trinajstić information content (AvgIpc) is 4.11. The summed E-state index contributed by atoms with van der Waals surface area (Å²) in [5.41, 5.74) is 13.4. The van der Waals surface area contributed by atoms with Crippen molar-refractivity contribution in [1.82, 2.24) is 28.5 Å². The number of hydrogen-bond donors (Lipinski definition) is 0. The number of fused-ring (bicyclic) bond motifs is 10. The first-order valence-electron chi connectivity index (χ1n) is 21.0. The molecule has 0 spiro atoms. The quantitative estimate of drug-likeness (QED) is 0.168. The molecule has 0 radical (unpaired) electrons. The highest BCUT2D eigenvalue weighted by atomic mass is 15.3. The van der Waals surface area contributed by atoms with Crippen LogP contribution in [-0.4, -0.2) is 28.5 Å². The van der Waals surface area contributed by atoms with Crippen LogP contribution in [0.15, 0.2) is 218 Å². The smallest absolute Gasteiger partial charge is 0.168 e. The highest BCUT2D eigenvalue weighted by Gasteiger charge is 2.23. The Morgan fingerprint density at radius 1 is 0.258 bits per heavy atom. The molecule has 6 nitrogen and oxygen atoms in total. The Bertz CT molecular complexity index is 3790. The number of nitrogens with zero attached hydrogens (tertiary/aromatic N) is 6. The summed E-state index contributed by atoms with van der Waals surface area (Å²) in [4.78, 5) is 0. The zero-order chi connectivity index (χ0) is 40.7. The van der Waals surface area contributed by atoms with Gasteiger partial charge in [0.1, 0.15) is 0 Å². The van der Waals surface area contributed by atoms with Crippen LogP contribution in [0.3, 0.4) is 0 Å². The lowest BCUT2D eigenvalue weighted by molar-refractivity contribution is 1.07. The summed E-state index contributed by atoms with van der Waals surface area (Å²) >= 11 is 0.